The molecule has 5 N–H and O–H groups in total. The van der Waals surface area contributed by atoms with Crippen molar-refractivity contribution in [1.29, 1.82) is 0 Å². The Morgan fingerprint density at radius 2 is 1.08 bits per heavy atom. The Balaban J connectivity index is 0.000000504. The predicted molar refractivity (Wildman–Crippen MR) is 255 cm³/mol. The van der Waals surface area contributed by atoms with Gasteiger partial charge in [0.05, 0.1) is 13.1 Å². The average Bonchev–Trinajstić information content (AvgIpc) is 3.47. The number of alkyl halides is 4. The topological polar surface area (TPSA) is 171 Å². The van der Waals surface area contributed by atoms with Crippen molar-refractivity contribution in [3.63, 3.8) is 0 Å². The number of nitrogens with one attached hydrogen (secondary N) is 5. The minimum absolute atomic E-state index is 0.169. The molecule has 0 spiro atoms. The molecule has 2 unspecified atom stereocenters. The maximum atomic E-state index is 12.9. The van der Waals surface area contributed by atoms with Gasteiger partial charge in [-0.1, -0.05) is 111 Å². The molecule has 0 radical (unpaired) electrons. The van der Waals surface area contributed by atoms with Crippen LogP contribution in [0, 0.1) is 0 Å². The number of ether oxygens (including phenoxy) is 4. The number of hydrogen-bond donors (Lipinski definition) is 5. The Labute approximate surface area is 398 Å². The summed E-state index contributed by atoms with van der Waals surface area (Å²) in [4.78, 5) is 53.3. The van der Waals surface area contributed by atoms with Crippen LogP contribution in [0.5, 0.6) is 0 Å². The SMILES string of the molecule is C1=[NH+]CCNCCNC1.CC(C)(C)OC(=O)C(Br)CCC(=O)OCc1ccccc1.CC(C)(C)OC(=O)C(CCC(=O)OCc1ccccc1)N1CCNCCNCC1.ClC(Cl)Cl. The first-order valence-corrected chi connectivity index (χ1v) is 23.6. The van der Waals surface area contributed by atoms with Crippen LogP contribution in [0.2, 0.25) is 0 Å². The lowest BCUT2D eigenvalue weighted by atomic mass is 10.1. The maximum absolute atomic E-state index is 12.9. The van der Waals surface area contributed by atoms with Crippen LogP contribution in [0.1, 0.15) is 78.4 Å². The summed E-state index contributed by atoms with van der Waals surface area (Å²) in [7, 11) is 0. The Kier molecular flexibility index (Phi) is 31.8. The summed E-state index contributed by atoms with van der Waals surface area (Å²) in [5.41, 5.74) is 0.783. The summed E-state index contributed by atoms with van der Waals surface area (Å²) in [5.74, 6) is -1.28. The average molecular weight is 1010 g/mol. The standard InChI is InChI=1S/C22H35N3O4.C16H21BrO4.C6H13N3.CHCl3/c1-22(2,3)29-21(27)19(25-15-13-23-11-12-24-14-16-25)9-10-20(26)28-17-18-7-5-4-6-8-18;1-16(2,3)21-15(19)13(17)9-10-14(18)20-11-12-7-5-4-6-8-12;1-2-8-5-6-9-4-3-7-1;2-1(3)4/h4-8,19,23-24H,9-17H2,1-3H3;4-8,13H,9-11H2,1-3H3;1,8-9H,2-6H2;1H/p+1. The van der Waals surface area contributed by atoms with Crippen LogP contribution >= 0.6 is 50.7 Å². The van der Waals surface area contributed by atoms with Gasteiger partial charge in [0.25, 0.3) is 0 Å². The number of nitrogens with zero attached hydrogens (tertiary/aromatic N) is 1. The van der Waals surface area contributed by atoms with Crippen LogP contribution in [0.15, 0.2) is 60.7 Å². The second kappa shape index (κ2) is 34.5. The highest BCUT2D eigenvalue weighted by molar-refractivity contribution is 9.10. The molecule has 1 fully saturated rings. The van der Waals surface area contributed by atoms with Crippen molar-refractivity contribution in [2.75, 3.05) is 72.0 Å². The van der Waals surface area contributed by atoms with Gasteiger partial charge in [-0.25, -0.2) is 4.99 Å². The van der Waals surface area contributed by atoms with Crippen molar-refractivity contribution in [3.05, 3.63) is 71.8 Å². The van der Waals surface area contributed by atoms with Gasteiger partial charge in [0, 0.05) is 65.2 Å². The normalized spacial score (nSPS) is 16.0. The summed E-state index contributed by atoms with van der Waals surface area (Å²) < 4.78 is 20.6. The van der Waals surface area contributed by atoms with E-state index in [1.165, 1.54) is 0 Å². The Hall–Kier alpha value is -2.86. The van der Waals surface area contributed by atoms with Crippen molar-refractivity contribution in [1.82, 2.24) is 26.2 Å². The molecular formula is C45H71BrCl3N6O8+. The Morgan fingerprint density at radius 1 is 0.651 bits per heavy atom. The number of benzene rings is 2. The second-order valence-corrected chi connectivity index (χ2v) is 19.4. The molecule has 356 valence electrons. The molecule has 1 saturated heterocycles. The fourth-order valence-electron chi connectivity index (χ4n) is 5.53. The predicted octanol–water partition coefficient (Wildman–Crippen LogP) is 4.65. The Morgan fingerprint density at radius 3 is 1.56 bits per heavy atom. The molecule has 4 rings (SSSR count). The van der Waals surface area contributed by atoms with Crippen LogP contribution < -0.4 is 26.3 Å². The Bertz CT molecular complexity index is 1550. The highest BCUT2D eigenvalue weighted by Crippen LogP contribution is 2.18. The van der Waals surface area contributed by atoms with Crippen LogP contribution in [-0.2, 0) is 51.3 Å². The lowest BCUT2D eigenvalue weighted by Crippen LogP contribution is -2.71. The van der Waals surface area contributed by atoms with E-state index < -0.39 is 26.4 Å². The number of halogens is 4. The summed E-state index contributed by atoms with van der Waals surface area (Å²) in [6, 6.07) is 18.6. The smallest absolute Gasteiger partial charge is 0.323 e. The molecule has 2 aliphatic rings. The van der Waals surface area contributed by atoms with Crippen LogP contribution in [0.3, 0.4) is 0 Å². The molecule has 2 atom stereocenters. The van der Waals surface area contributed by atoms with Gasteiger partial charge in [-0.2, -0.15) is 0 Å². The third kappa shape index (κ3) is 34.2. The van der Waals surface area contributed by atoms with Gasteiger partial charge in [-0.3, -0.25) is 24.1 Å². The lowest BCUT2D eigenvalue weighted by Gasteiger charge is -2.32. The van der Waals surface area contributed by atoms with Crippen molar-refractivity contribution < 1.29 is 43.1 Å². The van der Waals surface area contributed by atoms with Crippen molar-refractivity contribution in [3.8, 4) is 0 Å². The molecule has 2 aromatic rings. The van der Waals surface area contributed by atoms with Crippen molar-refractivity contribution in [2.45, 2.75) is 107 Å². The van der Waals surface area contributed by atoms with Crippen molar-refractivity contribution >= 4 is 80.8 Å². The van der Waals surface area contributed by atoms with E-state index in [-0.39, 0.29) is 49.9 Å². The highest BCUT2D eigenvalue weighted by atomic mass is 79.9. The van der Waals surface area contributed by atoms with Gasteiger partial charge in [-0.15, -0.1) is 0 Å². The molecule has 2 heterocycles. The number of rotatable bonds is 13. The third-order valence-electron chi connectivity index (χ3n) is 8.44. The maximum Gasteiger partial charge on any atom is 0.323 e. The van der Waals surface area contributed by atoms with Gasteiger partial charge >= 0.3 is 23.9 Å². The summed E-state index contributed by atoms with van der Waals surface area (Å²) >= 11 is 17.7. The number of hydrogen-bond acceptors (Lipinski definition) is 13. The van der Waals surface area contributed by atoms with Crippen molar-refractivity contribution in [2.24, 2.45) is 0 Å². The van der Waals surface area contributed by atoms with Crippen LogP contribution in [0.25, 0.3) is 0 Å². The van der Waals surface area contributed by atoms with Gasteiger partial charge in [0.1, 0.15) is 35.3 Å². The minimum atomic E-state index is -0.750. The van der Waals surface area contributed by atoms with E-state index in [4.69, 9.17) is 53.8 Å². The number of esters is 4. The van der Waals surface area contributed by atoms with Gasteiger partial charge in [0.15, 0.2) is 17.1 Å². The summed E-state index contributed by atoms with van der Waals surface area (Å²) in [5, 5.41) is 13.2. The first-order valence-electron chi connectivity index (χ1n) is 21.4. The molecular weight excluding hydrogens is 939 g/mol. The molecule has 0 bridgehead atoms. The van der Waals surface area contributed by atoms with Crippen LogP contribution in [0.4, 0.5) is 0 Å². The van der Waals surface area contributed by atoms with E-state index in [9.17, 15) is 19.2 Å². The number of carbonyl (C=O) groups is 4. The molecule has 2 aliphatic heterocycles. The van der Waals surface area contributed by atoms with E-state index in [0.717, 1.165) is 83.1 Å². The molecule has 14 nitrogen and oxygen atoms in total. The van der Waals surface area contributed by atoms with E-state index in [2.05, 4.69) is 53.3 Å². The summed E-state index contributed by atoms with van der Waals surface area (Å²) in [6.45, 7) is 21.5. The van der Waals surface area contributed by atoms with E-state index >= 15 is 0 Å². The minimum Gasteiger partial charge on any atom is -0.461 e. The van der Waals surface area contributed by atoms with Crippen LogP contribution in [-0.4, -0.2) is 133 Å². The van der Waals surface area contributed by atoms with Gasteiger partial charge < -0.3 is 40.2 Å². The third-order valence-corrected chi connectivity index (χ3v) is 9.27. The molecule has 0 saturated carbocycles. The molecule has 63 heavy (non-hydrogen) atoms. The number of carbonyl (C=O) groups excluding carboxylic acids is 4. The molecule has 0 aliphatic carbocycles. The monoisotopic (exact) mass is 1010 g/mol. The molecule has 0 amide bonds. The zero-order valence-corrected chi connectivity index (χ0v) is 41.7. The molecule has 18 heteroatoms. The first-order chi connectivity index (χ1) is 29.9. The highest BCUT2D eigenvalue weighted by Gasteiger charge is 2.31. The second-order valence-electron chi connectivity index (χ2n) is 16.3. The fraction of sp³-hybridized carbons (Fsp3) is 0.622. The summed E-state index contributed by atoms with van der Waals surface area (Å²) in [6.07, 6.45) is 3.13. The fourth-order valence-corrected chi connectivity index (χ4v) is 5.85. The quantitative estimate of drug-likeness (QED) is 0.107. The molecule has 2 aromatic carbocycles. The lowest BCUT2D eigenvalue weighted by molar-refractivity contribution is -0.450. The van der Waals surface area contributed by atoms with E-state index in [1.807, 2.05) is 81.4 Å². The largest absolute Gasteiger partial charge is 0.461 e. The zero-order valence-electron chi connectivity index (χ0n) is 37.8. The van der Waals surface area contributed by atoms with E-state index in [1.54, 1.807) is 20.8 Å². The van der Waals surface area contributed by atoms with Gasteiger partial charge in [-0.05, 0) is 65.5 Å². The van der Waals surface area contributed by atoms with Gasteiger partial charge in [0.2, 0.25) is 0 Å². The van der Waals surface area contributed by atoms with E-state index in [0.29, 0.717) is 12.8 Å². The molecule has 0 aromatic heterocycles. The first kappa shape index (κ1) is 58.2. The zero-order chi connectivity index (χ0) is 46.9.